The third kappa shape index (κ3) is 5.28. The summed E-state index contributed by atoms with van der Waals surface area (Å²) >= 11 is 3.47. The zero-order valence-corrected chi connectivity index (χ0v) is 16.1. The molecule has 1 atom stereocenters. The van der Waals surface area contributed by atoms with Crippen molar-refractivity contribution in [3.8, 4) is 0 Å². The van der Waals surface area contributed by atoms with Gasteiger partial charge in [0.05, 0.1) is 12.5 Å². The van der Waals surface area contributed by atoms with Crippen LogP contribution in [0, 0.1) is 0 Å². The molecule has 1 aromatic rings. The molecule has 25 heavy (non-hydrogen) atoms. The van der Waals surface area contributed by atoms with Gasteiger partial charge < -0.3 is 15.5 Å². The summed E-state index contributed by atoms with van der Waals surface area (Å²) in [4.78, 5) is 26.9. The van der Waals surface area contributed by atoms with Crippen molar-refractivity contribution in [3.05, 3.63) is 34.3 Å². The van der Waals surface area contributed by atoms with Crippen LogP contribution in [0.3, 0.4) is 0 Å². The Kier molecular flexibility index (Phi) is 6.48. The molecule has 0 aromatic heterocycles. The van der Waals surface area contributed by atoms with Crippen LogP contribution in [0.1, 0.15) is 44.1 Å². The van der Waals surface area contributed by atoms with Crippen molar-refractivity contribution in [1.29, 1.82) is 0 Å². The van der Waals surface area contributed by atoms with Gasteiger partial charge in [-0.3, -0.25) is 9.59 Å². The lowest BCUT2D eigenvalue weighted by atomic mass is 9.95. The summed E-state index contributed by atoms with van der Waals surface area (Å²) in [6.45, 7) is 1.98. The SMILES string of the molecule is O=C(CC1NCCN(Cc2cccc(Br)c2)C1=O)NC1CCCCC1. The predicted molar refractivity (Wildman–Crippen MR) is 101 cm³/mol. The second-order valence-electron chi connectivity index (χ2n) is 7.00. The third-order valence-corrected chi connectivity index (χ3v) is 5.50. The third-order valence-electron chi connectivity index (χ3n) is 5.00. The highest BCUT2D eigenvalue weighted by Crippen LogP contribution is 2.18. The van der Waals surface area contributed by atoms with Gasteiger partial charge in [-0.05, 0) is 30.5 Å². The van der Waals surface area contributed by atoms with Crippen LogP contribution in [0.5, 0.6) is 0 Å². The lowest BCUT2D eigenvalue weighted by molar-refractivity contribution is -0.139. The highest BCUT2D eigenvalue weighted by atomic mass is 79.9. The van der Waals surface area contributed by atoms with Gasteiger partial charge in [0.25, 0.3) is 0 Å². The molecule has 136 valence electrons. The van der Waals surface area contributed by atoms with Crippen LogP contribution >= 0.6 is 15.9 Å². The normalized spacial score (nSPS) is 22.0. The Morgan fingerprint density at radius 3 is 2.84 bits per heavy atom. The van der Waals surface area contributed by atoms with E-state index in [4.69, 9.17) is 0 Å². The van der Waals surface area contributed by atoms with E-state index in [1.165, 1.54) is 19.3 Å². The van der Waals surface area contributed by atoms with Crippen molar-refractivity contribution in [1.82, 2.24) is 15.5 Å². The molecule has 5 nitrogen and oxygen atoms in total. The quantitative estimate of drug-likeness (QED) is 0.788. The maximum atomic E-state index is 12.7. The minimum Gasteiger partial charge on any atom is -0.353 e. The molecule has 2 aliphatic rings. The monoisotopic (exact) mass is 407 g/mol. The summed E-state index contributed by atoms with van der Waals surface area (Å²) in [5, 5.41) is 6.31. The Morgan fingerprint density at radius 2 is 2.08 bits per heavy atom. The van der Waals surface area contributed by atoms with Crippen molar-refractivity contribution in [2.45, 2.75) is 57.2 Å². The zero-order chi connectivity index (χ0) is 17.6. The largest absolute Gasteiger partial charge is 0.353 e. The summed E-state index contributed by atoms with van der Waals surface area (Å²) in [6, 6.07) is 7.87. The van der Waals surface area contributed by atoms with E-state index in [2.05, 4.69) is 26.6 Å². The van der Waals surface area contributed by atoms with E-state index >= 15 is 0 Å². The summed E-state index contributed by atoms with van der Waals surface area (Å²) < 4.78 is 1.01. The smallest absolute Gasteiger partial charge is 0.240 e. The number of rotatable bonds is 5. The Hall–Kier alpha value is -1.40. The van der Waals surface area contributed by atoms with Gasteiger partial charge in [-0.15, -0.1) is 0 Å². The highest BCUT2D eigenvalue weighted by molar-refractivity contribution is 9.10. The fourth-order valence-electron chi connectivity index (χ4n) is 3.68. The molecule has 2 N–H and O–H groups in total. The topological polar surface area (TPSA) is 61.4 Å². The molecule has 1 aliphatic carbocycles. The molecule has 1 saturated heterocycles. The molecule has 1 heterocycles. The standard InChI is InChI=1S/C19H26BrN3O2/c20-15-6-4-5-14(11-15)13-23-10-9-21-17(19(23)25)12-18(24)22-16-7-2-1-3-8-16/h4-6,11,16-17,21H,1-3,7-10,12-13H2,(H,22,24). The molecule has 0 radical (unpaired) electrons. The average Bonchev–Trinajstić information content (AvgIpc) is 2.59. The summed E-state index contributed by atoms with van der Waals surface area (Å²) in [5.74, 6) is 0.00655. The summed E-state index contributed by atoms with van der Waals surface area (Å²) in [7, 11) is 0. The zero-order valence-electron chi connectivity index (χ0n) is 14.5. The Balaban J connectivity index is 1.53. The number of nitrogens with zero attached hydrogens (tertiary/aromatic N) is 1. The van der Waals surface area contributed by atoms with E-state index in [0.29, 0.717) is 13.1 Å². The van der Waals surface area contributed by atoms with Crippen LogP contribution in [-0.2, 0) is 16.1 Å². The van der Waals surface area contributed by atoms with E-state index in [9.17, 15) is 9.59 Å². The molecule has 2 amide bonds. The molecule has 1 unspecified atom stereocenters. The number of hydrogen-bond donors (Lipinski definition) is 2. The molecule has 3 rings (SSSR count). The number of benzene rings is 1. The fraction of sp³-hybridized carbons (Fsp3) is 0.579. The summed E-state index contributed by atoms with van der Waals surface area (Å²) in [6.07, 6.45) is 5.99. The first-order chi connectivity index (χ1) is 12.1. The van der Waals surface area contributed by atoms with Gasteiger partial charge in [-0.1, -0.05) is 47.3 Å². The van der Waals surface area contributed by atoms with Gasteiger partial charge in [0.15, 0.2) is 0 Å². The van der Waals surface area contributed by atoms with Gasteiger partial charge in [-0.25, -0.2) is 0 Å². The average molecular weight is 408 g/mol. The Bertz CT molecular complexity index is 616. The Morgan fingerprint density at radius 1 is 1.28 bits per heavy atom. The van der Waals surface area contributed by atoms with Crippen LogP contribution < -0.4 is 10.6 Å². The van der Waals surface area contributed by atoms with Crippen molar-refractivity contribution in [3.63, 3.8) is 0 Å². The molecular formula is C19H26BrN3O2. The van der Waals surface area contributed by atoms with Crippen LogP contribution in [0.4, 0.5) is 0 Å². The van der Waals surface area contributed by atoms with E-state index in [1.807, 2.05) is 29.2 Å². The minimum absolute atomic E-state index is 0.0120. The van der Waals surface area contributed by atoms with Crippen molar-refractivity contribution >= 4 is 27.7 Å². The van der Waals surface area contributed by atoms with Crippen molar-refractivity contribution in [2.24, 2.45) is 0 Å². The maximum absolute atomic E-state index is 12.7. The number of hydrogen-bond acceptors (Lipinski definition) is 3. The van der Waals surface area contributed by atoms with E-state index in [0.717, 1.165) is 29.4 Å². The molecule has 0 bridgehead atoms. The first-order valence-corrected chi connectivity index (χ1v) is 9.97. The molecule has 1 aromatic carbocycles. The minimum atomic E-state index is -0.413. The number of nitrogens with one attached hydrogen (secondary N) is 2. The molecule has 6 heteroatoms. The first-order valence-electron chi connectivity index (χ1n) is 9.18. The molecule has 1 saturated carbocycles. The molecule has 1 aliphatic heterocycles. The van der Waals surface area contributed by atoms with Crippen molar-refractivity contribution in [2.75, 3.05) is 13.1 Å². The fourth-order valence-corrected chi connectivity index (χ4v) is 4.13. The van der Waals surface area contributed by atoms with Crippen LogP contribution in [0.25, 0.3) is 0 Å². The van der Waals surface area contributed by atoms with Gasteiger partial charge >= 0.3 is 0 Å². The van der Waals surface area contributed by atoms with Crippen LogP contribution in [0.2, 0.25) is 0 Å². The van der Waals surface area contributed by atoms with E-state index < -0.39 is 6.04 Å². The highest BCUT2D eigenvalue weighted by Gasteiger charge is 2.30. The molecular weight excluding hydrogens is 382 g/mol. The van der Waals surface area contributed by atoms with Gasteiger partial charge in [0, 0.05) is 30.1 Å². The lowest BCUT2D eigenvalue weighted by Crippen LogP contribution is -2.56. The maximum Gasteiger partial charge on any atom is 0.240 e. The lowest BCUT2D eigenvalue weighted by Gasteiger charge is -2.33. The van der Waals surface area contributed by atoms with Gasteiger partial charge in [0.1, 0.15) is 0 Å². The van der Waals surface area contributed by atoms with E-state index in [-0.39, 0.29) is 24.3 Å². The molecule has 2 fully saturated rings. The second-order valence-corrected chi connectivity index (χ2v) is 7.92. The van der Waals surface area contributed by atoms with Crippen LogP contribution in [0.15, 0.2) is 28.7 Å². The number of carbonyl (C=O) groups excluding carboxylic acids is 2. The first kappa shape index (κ1) is 18.4. The van der Waals surface area contributed by atoms with Gasteiger partial charge in [-0.2, -0.15) is 0 Å². The van der Waals surface area contributed by atoms with E-state index in [1.54, 1.807) is 0 Å². The predicted octanol–water partition coefficient (Wildman–Crippen LogP) is 2.59. The van der Waals surface area contributed by atoms with Crippen LogP contribution in [-0.4, -0.2) is 41.9 Å². The molecule has 0 spiro atoms. The van der Waals surface area contributed by atoms with Gasteiger partial charge in [0.2, 0.25) is 11.8 Å². The number of halogens is 1. The Labute approximate surface area is 157 Å². The number of carbonyl (C=O) groups is 2. The summed E-state index contributed by atoms with van der Waals surface area (Å²) in [5.41, 5.74) is 1.09. The number of amides is 2. The number of piperazine rings is 1. The van der Waals surface area contributed by atoms with Crippen molar-refractivity contribution < 1.29 is 9.59 Å². The second kappa shape index (κ2) is 8.81.